The van der Waals surface area contributed by atoms with Gasteiger partial charge in [-0.3, -0.25) is 0 Å². The first-order valence-electron chi connectivity index (χ1n) is 6.32. The molecule has 0 aromatic heterocycles. The molecule has 1 aromatic carbocycles. The third-order valence-corrected chi connectivity index (χ3v) is 2.96. The predicted molar refractivity (Wildman–Crippen MR) is 68.9 cm³/mol. The summed E-state index contributed by atoms with van der Waals surface area (Å²) < 4.78 is 45.4. The van der Waals surface area contributed by atoms with Gasteiger partial charge in [-0.15, -0.1) is 13.2 Å². The van der Waals surface area contributed by atoms with Crippen molar-refractivity contribution < 1.29 is 22.6 Å². The van der Waals surface area contributed by atoms with Crippen molar-refractivity contribution in [1.29, 1.82) is 0 Å². The van der Waals surface area contributed by atoms with E-state index >= 15 is 0 Å². The van der Waals surface area contributed by atoms with E-state index in [2.05, 4.69) is 15.0 Å². The van der Waals surface area contributed by atoms with Gasteiger partial charge in [0.25, 0.3) is 0 Å². The summed E-state index contributed by atoms with van der Waals surface area (Å²) in [5.74, 6) is -0.225. The number of benzene rings is 1. The summed E-state index contributed by atoms with van der Waals surface area (Å²) in [7, 11) is 2.03. The fourth-order valence-electron chi connectivity index (χ4n) is 2.00. The summed E-state index contributed by atoms with van der Waals surface area (Å²) in [5.41, 5.74) is 0.733. The van der Waals surface area contributed by atoms with Gasteiger partial charge in [0.2, 0.25) is 0 Å². The van der Waals surface area contributed by atoms with Gasteiger partial charge in [0.05, 0.1) is 12.7 Å². The SMILES string of the molecule is CN1CCOC(CNc2ccc(OC(F)(F)F)cc2)C1. The number of alkyl halides is 3. The van der Waals surface area contributed by atoms with E-state index in [-0.39, 0.29) is 11.9 Å². The van der Waals surface area contributed by atoms with Crippen LogP contribution in [-0.4, -0.2) is 50.7 Å². The smallest absolute Gasteiger partial charge is 0.406 e. The molecule has 2 rings (SSSR count). The number of anilines is 1. The van der Waals surface area contributed by atoms with Crippen LogP contribution in [-0.2, 0) is 4.74 Å². The zero-order chi connectivity index (χ0) is 14.6. The van der Waals surface area contributed by atoms with Crippen LogP contribution in [0.1, 0.15) is 0 Å². The third-order valence-electron chi connectivity index (χ3n) is 2.96. The summed E-state index contributed by atoms with van der Waals surface area (Å²) in [6.07, 6.45) is -4.57. The average molecular weight is 290 g/mol. The molecule has 1 atom stereocenters. The minimum atomic E-state index is -4.66. The lowest BCUT2D eigenvalue weighted by atomic mass is 10.2. The molecular formula is C13H17F3N2O2. The Labute approximate surface area is 115 Å². The van der Waals surface area contributed by atoms with Gasteiger partial charge in [-0.1, -0.05) is 0 Å². The lowest BCUT2D eigenvalue weighted by Gasteiger charge is -2.30. The number of halogens is 3. The van der Waals surface area contributed by atoms with E-state index in [9.17, 15) is 13.2 Å². The lowest BCUT2D eigenvalue weighted by Crippen LogP contribution is -2.43. The number of nitrogens with one attached hydrogen (secondary N) is 1. The Balaban J connectivity index is 1.81. The number of morpholine rings is 1. The van der Waals surface area contributed by atoms with Crippen molar-refractivity contribution in [3.05, 3.63) is 24.3 Å². The highest BCUT2D eigenvalue weighted by atomic mass is 19.4. The maximum atomic E-state index is 12.0. The van der Waals surface area contributed by atoms with Gasteiger partial charge in [-0.25, -0.2) is 0 Å². The summed E-state index contributed by atoms with van der Waals surface area (Å²) in [4.78, 5) is 2.18. The topological polar surface area (TPSA) is 33.7 Å². The molecular weight excluding hydrogens is 273 g/mol. The molecule has 0 saturated carbocycles. The summed E-state index contributed by atoms with van der Waals surface area (Å²) >= 11 is 0. The Bertz CT molecular complexity index is 423. The molecule has 1 saturated heterocycles. The summed E-state index contributed by atoms with van der Waals surface area (Å²) in [6, 6.07) is 5.66. The highest BCUT2D eigenvalue weighted by molar-refractivity contribution is 5.46. The van der Waals surface area contributed by atoms with Crippen molar-refractivity contribution in [2.45, 2.75) is 12.5 Å². The van der Waals surface area contributed by atoms with E-state index < -0.39 is 6.36 Å². The highest BCUT2D eigenvalue weighted by Crippen LogP contribution is 2.23. The van der Waals surface area contributed by atoms with E-state index in [1.165, 1.54) is 12.1 Å². The van der Waals surface area contributed by atoms with E-state index in [0.717, 1.165) is 18.8 Å². The normalized spacial score (nSPS) is 20.7. The quantitative estimate of drug-likeness (QED) is 0.923. The number of hydrogen-bond donors (Lipinski definition) is 1. The summed E-state index contributed by atoms with van der Waals surface area (Å²) in [5, 5.41) is 3.14. The monoisotopic (exact) mass is 290 g/mol. The molecule has 1 aliphatic rings. The van der Waals surface area contributed by atoms with Crippen molar-refractivity contribution in [1.82, 2.24) is 4.90 Å². The summed E-state index contributed by atoms with van der Waals surface area (Å²) in [6.45, 7) is 3.06. The molecule has 0 aliphatic carbocycles. The molecule has 0 radical (unpaired) electrons. The van der Waals surface area contributed by atoms with Crippen molar-refractivity contribution in [2.24, 2.45) is 0 Å². The maximum Gasteiger partial charge on any atom is 0.573 e. The van der Waals surface area contributed by atoms with Crippen LogP contribution in [0.4, 0.5) is 18.9 Å². The standard InChI is InChI=1S/C13H17F3N2O2/c1-18-6-7-19-12(9-18)8-17-10-2-4-11(5-3-10)20-13(14,15)16/h2-5,12,17H,6-9H2,1H3. The molecule has 112 valence electrons. The molecule has 4 nitrogen and oxygen atoms in total. The Hall–Kier alpha value is -1.47. The maximum absolute atomic E-state index is 12.0. The van der Waals surface area contributed by atoms with Gasteiger partial charge in [-0.2, -0.15) is 0 Å². The third kappa shape index (κ3) is 4.90. The van der Waals surface area contributed by atoms with Gasteiger partial charge < -0.3 is 19.7 Å². The Morgan fingerprint density at radius 2 is 2.05 bits per heavy atom. The molecule has 1 aliphatic heterocycles. The van der Waals surface area contributed by atoms with Crippen LogP contribution in [0.5, 0.6) is 5.75 Å². The molecule has 1 unspecified atom stereocenters. The Morgan fingerprint density at radius 1 is 1.35 bits per heavy atom. The largest absolute Gasteiger partial charge is 0.573 e. The average Bonchev–Trinajstić information content (AvgIpc) is 2.36. The molecule has 1 aromatic rings. The molecule has 0 bridgehead atoms. The van der Waals surface area contributed by atoms with Crippen molar-refractivity contribution in [2.75, 3.05) is 38.6 Å². The Morgan fingerprint density at radius 3 is 2.65 bits per heavy atom. The van der Waals surface area contributed by atoms with Crippen molar-refractivity contribution in [3.8, 4) is 5.75 Å². The number of nitrogens with zero attached hydrogens (tertiary/aromatic N) is 1. The van der Waals surface area contributed by atoms with E-state index in [1.54, 1.807) is 12.1 Å². The van der Waals surface area contributed by atoms with Gasteiger partial charge in [-0.05, 0) is 31.3 Å². The minimum absolute atomic E-state index is 0.0832. The van der Waals surface area contributed by atoms with Crippen LogP contribution in [0, 0.1) is 0 Å². The molecule has 1 N–H and O–H groups in total. The van der Waals surface area contributed by atoms with Crippen LogP contribution < -0.4 is 10.1 Å². The van der Waals surface area contributed by atoms with Gasteiger partial charge in [0.1, 0.15) is 5.75 Å². The second-order valence-electron chi connectivity index (χ2n) is 4.71. The van der Waals surface area contributed by atoms with Gasteiger partial charge in [0.15, 0.2) is 0 Å². The minimum Gasteiger partial charge on any atom is -0.406 e. The fraction of sp³-hybridized carbons (Fsp3) is 0.538. The number of likely N-dealkylation sites (N-methyl/N-ethyl adjacent to an activating group) is 1. The molecule has 7 heteroatoms. The number of hydrogen-bond acceptors (Lipinski definition) is 4. The van der Waals surface area contributed by atoms with Crippen LogP contribution in [0.2, 0.25) is 0 Å². The second kappa shape index (κ2) is 6.32. The molecule has 0 spiro atoms. The van der Waals surface area contributed by atoms with E-state index in [4.69, 9.17) is 4.74 Å². The highest BCUT2D eigenvalue weighted by Gasteiger charge is 2.30. The molecule has 1 fully saturated rings. The van der Waals surface area contributed by atoms with Crippen LogP contribution in [0.25, 0.3) is 0 Å². The first-order valence-corrected chi connectivity index (χ1v) is 6.32. The van der Waals surface area contributed by atoms with Crippen molar-refractivity contribution >= 4 is 5.69 Å². The predicted octanol–water partition coefficient (Wildman–Crippen LogP) is 2.33. The lowest BCUT2D eigenvalue weighted by molar-refractivity contribution is -0.274. The first-order chi connectivity index (χ1) is 9.42. The van der Waals surface area contributed by atoms with Gasteiger partial charge in [0, 0.05) is 25.3 Å². The van der Waals surface area contributed by atoms with Crippen LogP contribution >= 0.6 is 0 Å². The molecule has 0 amide bonds. The molecule has 20 heavy (non-hydrogen) atoms. The molecule has 1 heterocycles. The zero-order valence-corrected chi connectivity index (χ0v) is 11.1. The number of ether oxygens (including phenoxy) is 2. The second-order valence-corrected chi connectivity index (χ2v) is 4.71. The zero-order valence-electron chi connectivity index (χ0n) is 11.1. The van der Waals surface area contributed by atoms with Crippen LogP contribution in [0.3, 0.4) is 0 Å². The fourth-order valence-corrected chi connectivity index (χ4v) is 2.00. The van der Waals surface area contributed by atoms with E-state index in [0.29, 0.717) is 13.2 Å². The van der Waals surface area contributed by atoms with E-state index in [1.807, 2.05) is 7.05 Å². The Kier molecular flexibility index (Phi) is 4.72. The van der Waals surface area contributed by atoms with Crippen LogP contribution in [0.15, 0.2) is 24.3 Å². The van der Waals surface area contributed by atoms with Gasteiger partial charge >= 0.3 is 6.36 Å². The van der Waals surface area contributed by atoms with Crippen molar-refractivity contribution in [3.63, 3.8) is 0 Å². The number of rotatable bonds is 4. The first kappa shape index (κ1) is 14.9.